The van der Waals surface area contributed by atoms with Gasteiger partial charge in [0.05, 0.1) is 17.9 Å². The molecule has 0 spiro atoms. The van der Waals surface area contributed by atoms with Gasteiger partial charge in [-0.25, -0.2) is 4.98 Å². The Balaban J connectivity index is 1.55. The fourth-order valence-electron chi connectivity index (χ4n) is 3.67. The van der Waals surface area contributed by atoms with Gasteiger partial charge in [-0.2, -0.15) is 5.10 Å². The molecule has 3 N–H and O–H groups in total. The summed E-state index contributed by atoms with van der Waals surface area (Å²) in [7, 11) is 0. The van der Waals surface area contributed by atoms with Gasteiger partial charge >= 0.3 is 0 Å². The molecule has 1 atom stereocenters. The molecule has 7 heteroatoms. The van der Waals surface area contributed by atoms with Crippen LogP contribution < -0.4 is 10.5 Å². The number of piperidine rings is 1. The maximum Gasteiger partial charge on any atom is 0.261 e. The number of hydrogen-bond donors (Lipinski definition) is 2. The highest BCUT2D eigenvalue weighted by Crippen LogP contribution is 2.35. The number of pyridine rings is 1. The summed E-state index contributed by atoms with van der Waals surface area (Å²) in [5.74, 6) is 1.12. The third-order valence-electron chi connectivity index (χ3n) is 5.02. The van der Waals surface area contributed by atoms with Crippen molar-refractivity contribution in [1.29, 1.82) is 0 Å². The molecule has 4 rings (SSSR count). The van der Waals surface area contributed by atoms with Crippen LogP contribution in [0, 0.1) is 0 Å². The molecule has 1 saturated heterocycles. The summed E-state index contributed by atoms with van der Waals surface area (Å²) in [6.45, 7) is 0.727. The zero-order valence-electron chi connectivity index (χ0n) is 15.5. The summed E-state index contributed by atoms with van der Waals surface area (Å²) in [5, 5.41) is 7.34. The summed E-state index contributed by atoms with van der Waals surface area (Å²) in [4.78, 5) is 18.9. The van der Waals surface area contributed by atoms with E-state index in [1.54, 1.807) is 12.4 Å². The van der Waals surface area contributed by atoms with Crippen LogP contribution in [-0.2, 0) is 4.79 Å². The first-order valence-electron chi connectivity index (χ1n) is 9.45. The average Bonchev–Trinajstić information content (AvgIpc) is 3.22. The van der Waals surface area contributed by atoms with Gasteiger partial charge in [-0.15, -0.1) is 0 Å². The second-order valence-electron chi connectivity index (χ2n) is 6.87. The Kier molecular flexibility index (Phi) is 5.23. The van der Waals surface area contributed by atoms with Gasteiger partial charge < -0.3 is 15.4 Å². The van der Waals surface area contributed by atoms with Crippen LogP contribution in [0.15, 0.2) is 54.9 Å². The average molecular weight is 377 g/mol. The second kappa shape index (κ2) is 8.12. The van der Waals surface area contributed by atoms with Gasteiger partial charge in [-0.1, -0.05) is 18.2 Å². The molecule has 144 valence electrons. The molecule has 3 aromatic rings. The number of nitrogen functional groups attached to an aromatic ring is 1. The van der Waals surface area contributed by atoms with Gasteiger partial charge in [0.25, 0.3) is 5.91 Å². The van der Waals surface area contributed by atoms with Crippen molar-refractivity contribution in [3.8, 4) is 16.9 Å². The van der Waals surface area contributed by atoms with Crippen LogP contribution in [-0.4, -0.2) is 39.1 Å². The first-order chi connectivity index (χ1) is 13.7. The molecule has 0 saturated carbocycles. The molecule has 2 aromatic heterocycles. The van der Waals surface area contributed by atoms with Gasteiger partial charge in [0.1, 0.15) is 11.6 Å². The van der Waals surface area contributed by atoms with E-state index in [1.165, 1.54) is 0 Å². The molecule has 0 bridgehead atoms. The topological polar surface area (TPSA) is 97.1 Å². The lowest BCUT2D eigenvalue weighted by Gasteiger charge is -2.35. The SMILES string of the molecule is Nc1cc(-c2cn[nH]c2[C@H]2CCCCN2C(=O)COc2ccccc2)ccn1. The lowest BCUT2D eigenvalue weighted by atomic mass is 9.94. The van der Waals surface area contributed by atoms with Gasteiger partial charge in [0.15, 0.2) is 6.61 Å². The van der Waals surface area contributed by atoms with Crippen molar-refractivity contribution < 1.29 is 9.53 Å². The van der Waals surface area contributed by atoms with Crippen LogP contribution in [0.25, 0.3) is 11.1 Å². The number of nitrogens with two attached hydrogens (primary N) is 1. The fraction of sp³-hybridized carbons (Fsp3) is 0.286. The molecule has 28 heavy (non-hydrogen) atoms. The molecular formula is C21H23N5O2. The first kappa shape index (κ1) is 18.0. The van der Waals surface area contributed by atoms with E-state index in [1.807, 2.05) is 47.4 Å². The maximum absolute atomic E-state index is 12.9. The Morgan fingerprint density at radius 3 is 2.93 bits per heavy atom. The van der Waals surface area contributed by atoms with Crippen molar-refractivity contribution >= 4 is 11.7 Å². The Morgan fingerprint density at radius 1 is 1.25 bits per heavy atom. The van der Waals surface area contributed by atoms with E-state index >= 15 is 0 Å². The summed E-state index contributed by atoms with van der Waals surface area (Å²) >= 11 is 0. The number of aromatic nitrogens is 3. The quantitative estimate of drug-likeness (QED) is 0.712. The highest BCUT2D eigenvalue weighted by Gasteiger charge is 2.31. The molecule has 1 aliphatic rings. The van der Waals surface area contributed by atoms with Crippen LogP contribution >= 0.6 is 0 Å². The van der Waals surface area contributed by atoms with E-state index in [0.717, 1.165) is 36.1 Å². The second-order valence-corrected chi connectivity index (χ2v) is 6.87. The van der Waals surface area contributed by atoms with Gasteiger partial charge in [-0.05, 0) is 49.1 Å². The molecule has 1 aliphatic heterocycles. The number of rotatable bonds is 5. The smallest absolute Gasteiger partial charge is 0.261 e. The third-order valence-corrected chi connectivity index (χ3v) is 5.02. The van der Waals surface area contributed by atoms with Crippen molar-refractivity contribution in [2.45, 2.75) is 25.3 Å². The van der Waals surface area contributed by atoms with Crippen molar-refractivity contribution in [2.75, 3.05) is 18.9 Å². The fourth-order valence-corrected chi connectivity index (χ4v) is 3.67. The Hall–Kier alpha value is -3.35. The summed E-state index contributed by atoms with van der Waals surface area (Å²) in [6.07, 6.45) is 6.39. The monoisotopic (exact) mass is 377 g/mol. The lowest BCUT2D eigenvalue weighted by molar-refractivity contribution is -0.137. The van der Waals surface area contributed by atoms with Crippen LogP contribution in [0.4, 0.5) is 5.82 Å². The van der Waals surface area contributed by atoms with Gasteiger partial charge in [-0.3, -0.25) is 9.89 Å². The number of benzene rings is 1. The summed E-state index contributed by atoms with van der Waals surface area (Å²) < 4.78 is 5.68. The number of nitrogens with one attached hydrogen (secondary N) is 1. The maximum atomic E-state index is 12.9. The number of likely N-dealkylation sites (tertiary alicyclic amines) is 1. The number of nitrogens with zero attached hydrogens (tertiary/aromatic N) is 3. The van der Waals surface area contributed by atoms with E-state index in [-0.39, 0.29) is 18.6 Å². The molecule has 0 aliphatic carbocycles. The van der Waals surface area contributed by atoms with Gasteiger partial charge in [0.2, 0.25) is 0 Å². The zero-order valence-corrected chi connectivity index (χ0v) is 15.5. The van der Waals surface area contributed by atoms with E-state index in [9.17, 15) is 4.79 Å². The predicted octanol–water partition coefficient (Wildman–Crippen LogP) is 3.19. The zero-order chi connectivity index (χ0) is 19.3. The van der Waals surface area contributed by atoms with E-state index in [0.29, 0.717) is 18.1 Å². The number of aromatic amines is 1. The van der Waals surface area contributed by atoms with Crippen LogP contribution in [0.3, 0.4) is 0 Å². The van der Waals surface area contributed by atoms with Crippen molar-refractivity contribution in [3.05, 3.63) is 60.6 Å². The van der Waals surface area contributed by atoms with E-state index in [4.69, 9.17) is 10.5 Å². The minimum Gasteiger partial charge on any atom is -0.484 e. The number of anilines is 1. The molecular weight excluding hydrogens is 354 g/mol. The highest BCUT2D eigenvalue weighted by molar-refractivity contribution is 5.79. The van der Waals surface area contributed by atoms with Crippen molar-refractivity contribution in [3.63, 3.8) is 0 Å². The standard InChI is InChI=1S/C21H23N5O2/c22-19-12-15(9-10-23-19)17-13-24-25-21(17)18-8-4-5-11-26(18)20(27)14-28-16-6-2-1-3-7-16/h1-3,6-7,9-10,12-13,18H,4-5,8,11,14H2,(H2,22,23)(H,24,25)/t18-/m1/s1. The molecule has 1 fully saturated rings. The Morgan fingerprint density at radius 2 is 2.11 bits per heavy atom. The number of amides is 1. The predicted molar refractivity (Wildman–Crippen MR) is 106 cm³/mol. The number of carbonyl (C=O) groups is 1. The summed E-state index contributed by atoms with van der Waals surface area (Å²) in [6, 6.07) is 13.1. The molecule has 0 radical (unpaired) electrons. The number of hydrogen-bond acceptors (Lipinski definition) is 5. The lowest BCUT2D eigenvalue weighted by Crippen LogP contribution is -2.41. The van der Waals surface area contributed by atoms with E-state index in [2.05, 4.69) is 15.2 Å². The number of ether oxygens (including phenoxy) is 1. The van der Waals surface area contributed by atoms with Crippen LogP contribution in [0.2, 0.25) is 0 Å². The third kappa shape index (κ3) is 3.83. The normalized spacial score (nSPS) is 16.7. The molecule has 1 aromatic carbocycles. The first-order valence-corrected chi connectivity index (χ1v) is 9.45. The van der Waals surface area contributed by atoms with Crippen LogP contribution in [0.5, 0.6) is 5.75 Å². The van der Waals surface area contributed by atoms with Crippen LogP contribution in [0.1, 0.15) is 31.0 Å². The highest BCUT2D eigenvalue weighted by atomic mass is 16.5. The number of H-pyrrole nitrogens is 1. The molecule has 7 nitrogen and oxygen atoms in total. The van der Waals surface area contributed by atoms with E-state index < -0.39 is 0 Å². The minimum atomic E-state index is -0.0625. The van der Waals surface area contributed by atoms with Crippen molar-refractivity contribution in [2.24, 2.45) is 0 Å². The largest absolute Gasteiger partial charge is 0.484 e. The minimum absolute atomic E-state index is 0.0200. The Bertz CT molecular complexity index is 941. The molecule has 0 unspecified atom stereocenters. The number of carbonyl (C=O) groups excluding carboxylic acids is 1. The number of para-hydroxylation sites is 1. The van der Waals surface area contributed by atoms with Gasteiger partial charge in [0, 0.05) is 18.3 Å². The molecule has 1 amide bonds. The Labute approximate surface area is 163 Å². The summed E-state index contributed by atoms with van der Waals surface area (Å²) in [5.41, 5.74) is 8.66. The molecule has 3 heterocycles. The van der Waals surface area contributed by atoms with Crippen molar-refractivity contribution in [1.82, 2.24) is 20.1 Å².